The molecule has 4 fully saturated rings. The second kappa shape index (κ2) is 17.1. The Balaban J connectivity index is 0.000000166. The van der Waals surface area contributed by atoms with Gasteiger partial charge in [-0.1, -0.05) is 10.3 Å². The number of imidazole rings is 2. The minimum absolute atomic E-state index is 0.148. The molecule has 350 valence electrons. The van der Waals surface area contributed by atoms with Crippen LogP contribution < -0.4 is 0 Å². The number of aryl methyl sites for hydroxylation is 4. The molecule has 0 spiro atoms. The standard InChI is InChI=1S/C24H29N3O6.C24H27N3O6/c2*1-12-18(13(2)33-26-12)15-10-16(20(28)22-30-8-9-31-22)19-17(11-15)27(21(25-19)14-6-7-14)23(29)32-24(3,4)5/h10-11,14,20,22,28H,6-9H2,1-5H3;10-11,14,22H,6-9H2,1-5H3. The molecule has 2 saturated carbocycles. The molecule has 0 amide bonds. The fourth-order valence-corrected chi connectivity index (χ4v) is 8.48. The van der Waals surface area contributed by atoms with Gasteiger partial charge in [0.05, 0.1) is 59.9 Å². The second-order valence-electron chi connectivity index (χ2n) is 19.3. The van der Waals surface area contributed by atoms with E-state index in [9.17, 15) is 19.5 Å². The molecule has 6 heterocycles. The Kier molecular flexibility index (Phi) is 11.8. The zero-order chi connectivity index (χ0) is 47.0. The molecule has 0 radical (unpaired) electrons. The lowest BCUT2D eigenvalue weighted by molar-refractivity contribution is -0.121. The Morgan fingerprint density at radius 1 is 0.652 bits per heavy atom. The minimum atomic E-state index is -1.08. The van der Waals surface area contributed by atoms with Crippen LogP contribution in [0.15, 0.2) is 33.3 Å². The number of carbonyl (C=O) groups is 3. The molecule has 0 bridgehead atoms. The topological polar surface area (TPSA) is 215 Å². The third-order valence-electron chi connectivity index (χ3n) is 11.6. The van der Waals surface area contributed by atoms with Crippen molar-refractivity contribution in [1.82, 2.24) is 29.4 Å². The molecular formula is C48H56N6O12. The number of nitrogens with zero attached hydrogens (tertiary/aromatic N) is 6. The summed E-state index contributed by atoms with van der Waals surface area (Å²) in [6, 6.07) is 7.34. The monoisotopic (exact) mass is 908 g/mol. The Morgan fingerprint density at radius 2 is 1.09 bits per heavy atom. The van der Waals surface area contributed by atoms with Crippen molar-refractivity contribution in [2.75, 3.05) is 26.4 Å². The van der Waals surface area contributed by atoms with Gasteiger partial charge in [0.1, 0.15) is 46.0 Å². The van der Waals surface area contributed by atoms with Crippen molar-refractivity contribution in [3.8, 4) is 22.3 Å². The molecule has 1 N–H and O–H groups in total. The lowest BCUT2D eigenvalue weighted by atomic mass is 9.97. The van der Waals surface area contributed by atoms with E-state index in [0.29, 0.717) is 99.7 Å². The van der Waals surface area contributed by atoms with Crippen LogP contribution in [0.5, 0.6) is 0 Å². The zero-order valence-electron chi connectivity index (χ0n) is 39.0. The van der Waals surface area contributed by atoms with E-state index in [4.69, 9.17) is 47.4 Å². The van der Waals surface area contributed by atoms with Crippen LogP contribution in [0.4, 0.5) is 9.59 Å². The number of benzene rings is 2. The van der Waals surface area contributed by atoms with Gasteiger partial charge in [-0.3, -0.25) is 4.79 Å². The molecule has 1 unspecified atom stereocenters. The number of hydrogen-bond acceptors (Lipinski definition) is 16. The number of fused-ring (bicyclic) bond motifs is 2. The van der Waals surface area contributed by atoms with Crippen LogP contribution in [0.1, 0.15) is 136 Å². The van der Waals surface area contributed by atoms with Crippen molar-refractivity contribution < 1.29 is 57.0 Å². The molecule has 6 aromatic rings. The SMILES string of the molecule is Cc1noc(C)c1-c1cc(C(=O)C2OCCO2)c2nc(C3CC3)n(C(=O)OC(C)(C)C)c2c1.Cc1noc(C)c1-c1cc(C(O)C2OCCO2)c2nc(C3CC3)n(C(=O)OC(C)(C)C)c2c1. The number of ether oxygens (including phenoxy) is 6. The molecule has 66 heavy (non-hydrogen) atoms. The minimum Gasteiger partial charge on any atom is -0.443 e. The maximum absolute atomic E-state index is 13.4. The van der Waals surface area contributed by atoms with Crippen molar-refractivity contribution in [3.05, 3.63) is 69.9 Å². The highest BCUT2D eigenvalue weighted by atomic mass is 16.7. The van der Waals surface area contributed by atoms with Gasteiger partial charge < -0.3 is 42.6 Å². The number of aliphatic hydroxyl groups is 1. The summed E-state index contributed by atoms with van der Waals surface area (Å²) in [6.45, 7) is 19.8. The number of aromatic nitrogens is 6. The molecule has 10 rings (SSSR count). The molecular weight excluding hydrogens is 853 g/mol. The Labute approximate surface area is 380 Å². The number of carbonyl (C=O) groups excluding carboxylic acids is 3. The van der Waals surface area contributed by atoms with Crippen molar-refractivity contribution >= 4 is 40.0 Å². The first-order valence-electron chi connectivity index (χ1n) is 22.4. The lowest BCUT2D eigenvalue weighted by Crippen LogP contribution is -2.28. The van der Waals surface area contributed by atoms with Gasteiger partial charge in [0.25, 0.3) is 0 Å². The number of aliphatic hydroxyl groups excluding tert-OH is 1. The normalized spacial score (nSPS) is 17.7. The van der Waals surface area contributed by atoms with Crippen molar-refractivity contribution in [2.24, 2.45) is 0 Å². The van der Waals surface area contributed by atoms with Crippen LogP contribution in [-0.2, 0) is 28.4 Å². The zero-order valence-corrected chi connectivity index (χ0v) is 39.0. The summed E-state index contributed by atoms with van der Waals surface area (Å²) in [5.41, 5.74) is 5.98. The summed E-state index contributed by atoms with van der Waals surface area (Å²) < 4.78 is 47.3. The first-order valence-corrected chi connectivity index (χ1v) is 22.4. The Hall–Kier alpha value is -5.79. The van der Waals surface area contributed by atoms with Gasteiger partial charge in [-0.15, -0.1) is 0 Å². The molecule has 2 aliphatic carbocycles. The average molecular weight is 909 g/mol. The Bertz CT molecular complexity index is 2810. The molecule has 4 aliphatic rings. The van der Waals surface area contributed by atoms with Gasteiger partial charge in [-0.05, 0) is 130 Å². The summed E-state index contributed by atoms with van der Waals surface area (Å²) in [7, 11) is 0. The van der Waals surface area contributed by atoms with Crippen molar-refractivity contribution in [2.45, 2.75) is 137 Å². The quantitative estimate of drug-likeness (QED) is 0.141. The fourth-order valence-electron chi connectivity index (χ4n) is 8.48. The van der Waals surface area contributed by atoms with Crippen LogP contribution >= 0.6 is 0 Å². The van der Waals surface area contributed by atoms with Crippen LogP contribution in [0.25, 0.3) is 44.3 Å². The number of hydrogen-bond donors (Lipinski definition) is 1. The van der Waals surface area contributed by atoms with Gasteiger partial charge in [0, 0.05) is 28.5 Å². The van der Waals surface area contributed by atoms with Gasteiger partial charge in [0.2, 0.25) is 12.1 Å². The number of Topliss-reactive ketones (excluding diaryl/α,β-unsaturated/α-hetero) is 1. The number of rotatable bonds is 8. The maximum Gasteiger partial charge on any atom is 0.420 e. The van der Waals surface area contributed by atoms with E-state index in [1.807, 2.05) is 87.4 Å². The molecule has 18 nitrogen and oxygen atoms in total. The first-order chi connectivity index (χ1) is 31.3. The van der Waals surface area contributed by atoms with Crippen molar-refractivity contribution in [3.63, 3.8) is 0 Å². The average Bonchev–Trinajstić information content (AvgIpc) is 3.81. The van der Waals surface area contributed by atoms with Gasteiger partial charge in [-0.25, -0.2) is 28.7 Å². The van der Waals surface area contributed by atoms with Crippen LogP contribution in [0.2, 0.25) is 0 Å². The molecule has 1 atom stereocenters. The lowest BCUT2D eigenvalue weighted by Gasteiger charge is -2.21. The summed E-state index contributed by atoms with van der Waals surface area (Å²) in [4.78, 5) is 49.6. The van der Waals surface area contributed by atoms with E-state index in [1.165, 1.54) is 4.57 Å². The largest absolute Gasteiger partial charge is 0.443 e. The summed E-state index contributed by atoms with van der Waals surface area (Å²) in [5.74, 6) is 2.51. The third-order valence-corrected chi connectivity index (χ3v) is 11.6. The molecule has 4 aromatic heterocycles. The van der Waals surface area contributed by atoms with Crippen LogP contribution in [0, 0.1) is 27.7 Å². The van der Waals surface area contributed by atoms with E-state index in [2.05, 4.69) is 10.3 Å². The highest BCUT2D eigenvalue weighted by molar-refractivity contribution is 6.10. The maximum atomic E-state index is 13.4. The van der Waals surface area contributed by atoms with E-state index in [-0.39, 0.29) is 17.6 Å². The first kappa shape index (κ1) is 45.4. The van der Waals surface area contributed by atoms with Gasteiger partial charge in [0.15, 0.2) is 6.29 Å². The van der Waals surface area contributed by atoms with Gasteiger partial charge >= 0.3 is 12.2 Å². The summed E-state index contributed by atoms with van der Waals surface area (Å²) >= 11 is 0. The molecule has 2 saturated heterocycles. The highest BCUT2D eigenvalue weighted by Gasteiger charge is 2.38. The predicted molar refractivity (Wildman–Crippen MR) is 237 cm³/mol. The molecule has 18 heteroatoms. The second-order valence-corrected chi connectivity index (χ2v) is 19.3. The van der Waals surface area contributed by atoms with Crippen LogP contribution in [0.3, 0.4) is 0 Å². The summed E-state index contributed by atoms with van der Waals surface area (Å²) in [5, 5.41) is 19.3. The third kappa shape index (κ3) is 8.91. The smallest absolute Gasteiger partial charge is 0.420 e. The van der Waals surface area contributed by atoms with Crippen LogP contribution in [-0.4, -0.2) is 103 Å². The van der Waals surface area contributed by atoms with Gasteiger partial charge in [-0.2, -0.15) is 0 Å². The van der Waals surface area contributed by atoms with Crippen molar-refractivity contribution in [1.29, 1.82) is 0 Å². The predicted octanol–water partition coefficient (Wildman–Crippen LogP) is 8.90. The Morgan fingerprint density at radius 3 is 1.53 bits per heavy atom. The summed E-state index contributed by atoms with van der Waals surface area (Å²) in [6.07, 6.45) is -0.114. The molecule has 2 aliphatic heterocycles. The van der Waals surface area contributed by atoms with E-state index >= 15 is 0 Å². The highest BCUT2D eigenvalue weighted by Crippen LogP contribution is 2.45. The fraction of sp³-hybridized carbons (Fsp3) is 0.521. The number of ketones is 1. The van der Waals surface area contributed by atoms with E-state index in [0.717, 1.165) is 42.4 Å². The molecule has 2 aromatic carbocycles. The van der Waals surface area contributed by atoms with E-state index in [1.54, 1.807) is 10.6 Å². The van der Waals surface area contributed by atoms with E-state index < -0.39 is 42.1 Å².